The van der Waals surface area contributed by atoms with E-state index < -0.39 is 0 Å². The average molecular weight is 345 g/mol. The van der Waals surface area contributed by atoms with Crippen LogP contribution in [-0.2, 0) is 16.5 Å². The summed E-state index contributed by atoms with van der Waals surface area (Å²) in [5.74, 6) is 1.87. The largest absolute Gasteiger partial charge is 0.325 e. The molecule has 0 saturated heterocycles. The van der Waals surface area contributed by atoms with Crippen molar-refractivity contribution in [2.24, 2.45) is 11.8 Å². The van der Waals surface area contributed by atoms with Gasteiger partial charge in [-0.05, 0) is 42.6 Å². The minimum Gasteiger partial charge on any atom is -0.325 e. The second-order valence-corrected chi connectivity index (χ2v) is 9.86. The third kappa shape index (κ3) is 1.80. The Labute approximate surface area is 157 Å². The molecule has 1 nitrogen and oxygen atoms in total. The molecule has 134 valence electrons. The number of hydrogen-bond donors (Lipinski definition) is 1. The molecule has 1 unspecified atom stereocenters. The molecule has 2 bridgehead atoms. The van der Waals surface area contributed by atoms with Crippen LogP contribution >= 0.6 is 0 Å². The van der Waals surface area contributed by atoms with E-state index in [0.717, 1.165) is 11.8 Å². The van der Waals surface area contributed by atoms with Crippen LogP contribution in [0.2, 0.25) is 0 Å². The molecule has 4 aliphatic rings. The van der Waals surface area contributed by atoms with E-state index in [4.69, 9.17) is 0 Å². The standard InChI is InChI=1S/C25H29N/c1-3-25-16-18-15-24(18,14-17-12-13-17)21-10-6-4-8-19(21)23(2,26-25)20-9-5-7-11-22(20)25/h4-11,17-18,26H,3,12-16H2,1-2H3/p+1/t18-,23-,24?,25+/m0/s1. The Kier molecular flexibility index (Phi) is 2.86. The molecule has 2 aromatic rings. The van der Waals surface area contributed by atoms with Gasteiger partial charge in [-0.2, -0.15) is 0 Å². The third-order valence-corrected chi connectivity index (χ3v) is 8.43. The molecular weight excluding hydrogens is 314 g/mol. The summed E-state index contributed by atoms with van der Waals surface area (Å²) in [6.07, 6.45) is 8.41. The van der Waals surface area contributed by atoms with E-state index in [0.29, 0.717) is 5.41 Å². The molecule has 2 aliphatic heterocycles. The first kappa shape index (κ1) is 15.5. The number of hydrogen-bond acceptors (Lipinski definition) is 0. The normalized spacial score (nSPS) is 39.4. The van der Waals surface area contributed by atoms with Gasteiger partial charge in [-0.15, -0.1) is 0 Å². The Morgan fingerprint density at radius 1 is 0.885 bits per heavy atom. The number of rotatable bonds is 3. The summed E-state index contributed by atoms with van der Waals surface area (Å²) in [4.78, 5) is 0. The van der Waals surface area contributed by atoms with Crippen molar-refractivity contribution in [1.82, 2.24) is 0 Å². The van der Waals surface area contributed by atoms with Crippen molar-refractivity contribution in [2.75, 3.05) is 0 Å². The first-order valence-electron chi connectivity index (χ1n) is 10.7. The Hall–Kier alpha value is -1.60. The highest BCUT2D eigenvalue weighted by Crippen LogP contribution is 2.66. The fourth-order valence-electron chi connectivity index (χ4n) is 6.89. The zero-order valence-electron chi connectivity index (χ0n) is 16.1. The predicted octanol–water partition coefficient (Wildman–Crippen LogP) is 4.59. The molecule has 6 rings (SSSR count). The van der Waals surface area contributed by atoms with E-state index in [-0.39, 0.29) is 11.1 Å². The molecule has 0 aromatic heterocycles. The molecule has 26 heavy (non-hydrogen) atoms. The van der Waals surface area contributed by atoms with E-state index in [1.807, 2.05) is 0 Å². The maximum atomic E-state index is 2.75. The van der Waals surface area contributed by atoms with E-state index >= 15 is 0 Å². The van der Waals surface area contributed by atoms with Crippen LogP contribution in [0.3, 0.4) is 0 Å². The van der Waals surface area contributed by atoms with Crippen LogP contribution in [0.1, 0.15) is 74.6 Å². The maximum absolute atomic E-state index is 2.75. The van der Waals surface area contributed by atoms with E-state index in [1.165, 1.54) is 38.5 Å². The van der Waals surface area contributed by atoms with Crippen molar-refractivity contribution in [3.8, 4) is 0 Å². The molecular formula is C25H30N+. The molecule has 2 aromatic carbocycles. The zero-order valence-corrected chi connectivity index (χ0v) is 16.1. The monoisotopic (exact) mass is 344 g/mol. The summed E-state index contributed by atoms with van der Waals surface area (Å²) >= 11 is 0. The van der Waals surface area contributed by atoms with E-state index in [9.17, 15) is 0 Å². The van der Waals surface area contributed by atoms with Gasteiger partial charge in [0.05, 0.1) is 0 Å². The molecule has 2 fully saturated rings. The first-order chi connectivity index (χ1) is 12.6. The molecule has 2 N–H and O–H groups in total. The molecule has 1 heteroatoms. The van der Waals surface area contributed by atoms with Crippen LogP contribution in [0.25, 0.3) is 0 Å². The highest BCUT2D eigenvalue weighted by Gasteiger charge is 2.66. The van der Waals surface area contributed by atoms with Gasteiger partial charge in [0.2, 0.25) is 0 Å². The van der Waals surface area contributed by atoms with Gasteiger partial charge in [-0.1, -0.05) is 68.3 Å². The summed E-state index contributed by atoms with van der Waals surface area (Å²) < 4.78 is 0. The lowest BCUT2D eigenvalue weighted by Crippen LogP contribution is -2.99. The predicted molar refractivity (Wildman–Crippen MR) is 105 cm³/mol. The van der Waals surface area contributed by atoms with Gasteiger partial charge < -0.3 is 5.32 Å². The smallest absolute Gasteiger partial charge is 0.146 e. The highest BCUT2D eigenvalue weighted by atomic mass is 15.1. The Bertz CT molecular complexity index is 897. The SMILES string of the molecule is CC[C@]12C[C@@H]3CC3(CC3CC3)c3ccccc3[C@](C)([NH2+]1)c1ccccc12. The minimum atomic E-state index is 0.0628. The van der Waals surface area contributed by atoms with Gasteiger partial charge in [0, 0.05) is 29.5 Å². The second-order valence-electron chi connectivity index (χ2n) is 9.86. The van der Waals surface area contributed by atoms with Crippen molar-refractivity contribution in [3.63, 3.8) is 0 Å². The lowest BCUT2D eigenvalue weighted by Gasteiger charge is -2.37. The topological polar surface area (TPSA) is 16.6 Å². The van der Waals surface area contributed by atoms with Crippen LogP contribution in [0.4, 0.5) is 0 Å². The fourth-order valence-corrected chi connectivity index (χ4v) is 6.89. The van der Waals surface area contributed by atoms with Gasteiger partial charge in [0.1, 0.15) is 11.1 Å². The molecule has 0 radical (unpaired) electrons. The fraction of sp³-hybridized carbons (Fsp3) is 0.520. The molecule has 2 saturated carbocycles. The summed E-state index contributed by atoms with van der Waals surface area (Å²) in [5, 5.41) is 2.75. The molecule has 0 spiro atoms. The molecule has 4 atom stereocenters. The number of fused-ring (bicyclic) bond motifs is 9. The summed E-state index contributed by atoms with van der Waals surface area (Å²) in [5.41, 5.74) is 7.30. The van der Waals surface area contributed by atoms with Crippen LogP contribution in [0.5, 0.6) is 0 Å². The number of benzene rings is 2. The molecule has 2 heterocycles. The average Bonchev–Trinajstić information content (AvgIpc) is 3.58. The van der Waals surface area contributed by atoms with Crippen LogP contribution in [0.15, 0.2) is 48.5 Å². The second kappa shape index (κ2) is 4.81. The quantitative estimate of drug-likeness (QED) is 0.838. The lowest BCUT2D eigenvalue weighted by molar-refractivity contribution is -0.786. The zero-order chi connectivity index (χ0) is 17.6. The maximum Gasteiger partial charge on any atom is 0.146 e. The third-order valence-electron chi connectivity index (χ3n) is 8.43. The summed E-state index contributed by atoms with van der Waals surface area (Å²) in [6.45, 7) is 4.91. The molecule has 0 amide bonds. The van der Waals surface area contributed by atoms with Gasteiger partial charge in [-0.25, -0.2) is 0 Å². The Morgan fingerprint density at radius 2 is 1.50 bits per heavy atom. The molecule has 2 aliphatic carbocycles. The van der Waals surface area contributed by atoms with Crippen LogP contribution in [-0.4, -0.2) is 0 Å². The van der Waals surface area contributed by atoms with Crippen molar-refractivity contribution in [1.29, 1.82) is 0 Å². The summed E-state index contributed by atoms with van der Waals surface area (Å²) in [6, 6.07) is 18.8. The van der Waals surface area contributed by atoms with Gasteiger partial charge >= 0.3 is 0 Å². The Morgan fingerprint density at radius 3 is 2.15 bits per heavy atom. The van der Waals surface area contributed by atoms with Crippen molar-refractivity contribution in [3.05, 3.63) is 70.8 Å². The van der Waals surface area contributed by atoms with Crippen molar-refractivity contribution in [2.45, 2.75) is 68.9 Å². The van der Waals surface area contributed by atoms with E-state index in [2.05, 4.69) is 67.7 Å². The lowest BCUT2D eigenvalue weighted by atomic mass is 9.75. The van der Waals surface area contributed by atoms with E-state index in [1.54, 1.807) is 22.3 Å². The van der Waals surface area contributed by atoms with Crippen LogP contribution < -0.4 is 5.32 Å². The van der Waals surface area contributed by atoms with Crippen LogP contribution in [0, 0.1) is 11.8 Å². The van der Waals surface area contributed by atoms with Crippen molar-refractivity contribution < 1.29 is 5.32 Å². The summed E-state index contributed by atoms with van der Waals surface area (Å²) in [7, 11) is 0. The van der Waals surface area contributed by atoms with Gasteiger partial charge in [0.25, 0.3) is 0 Å². The van der Waals surface area contributed by atoms with Gasteiger partial charge in [0.15, 0.2) is 0 Å². The number of quaternary nitrogens is 1. The minimum absolute atomic E-state index is 0.0628. The first-order valence-corrected chi connectivity index (χ1v) is 10.7. The number of nitrogens with two attached hydrogens (primary N) is 1. The van der Waals surface area contributed by atoms with Crippen molar-refractivity contribution >= 4 is 0 Å². The van der Waals surface area contributed by atoms with Gasteiger partial charge in [-0.3, -0.25) is 0 Å². The Balaban J connectivity index is 1.62. The highest BCUT2D eigenvalue weighted by molar-refractivity contribution is 5.53.